The van der Waals surface area contributed by atoms with Gasteiger partial charge in [-0.25, -0.2) is 14.6 Å². The van der Waals surface area contributed by atoms with Crippen molar-refractivity contribution in [3.8, 4) is 5.88 Å². The average Bonchev–Trinajstić information content (AvgIpc) is 3.25. The first-order chi connectivity index (χ1) is 14.3. The predicted molar refractivity (Wildman–Crippen MR) is 114 cm³/mol. The van der Waals surface area contributed by atoms with E-state index in [-0.39, 0.29) is 5.78 Å². The van der Waals surface area contributed by atoms with Crippen LogP contribution in [0.5, 0.6) is 5.88 Å². The summed E-state index contributed by atoms with van der Waals surface area (Å²) < 4.78 is 5.77. The number of carbonyl (C=O) groups excluding carboxylic acids is 1. The van der Waals surface area contributed by atoms with Gasteiger partial charge in [-0.3, -0.25) is 4.79 Å². The summed E-state index contributed by atoms with van der Waals surface area (Å²) in [6.45, 7) is 1.76. The van der Waals surface area contributed by atoms with E-state index in [2.05, 4.69) is 24.0 Å². The maximum Gasteiger partial charge on any atom is 0.414 e. The first-order valence-corrected chi connectivity index (χ1v) is 10.5. The number of aliphatic carboxylic acids is 2. The number of hydrogen-bond donors (Lipinski definition) is 2. The molecule has 0 aliphatic heterocycles. The van der Waals surface area contributed by atoms with Crippen molar-refractivity contribution in [2.75, 3.05) is 27.2 Å². The number of aromatic nitrogens is 1. The zero-order chi connectivity index (χ0) is 22.4. The highest BCUT2D eigenvalue weighted by atomic mass is 32.1. The summed E-state index contributed by atoms with van der Waals surface area (Å²) in [7, 11) is 4.21. The molecule has 0 aliphatic carbocycles. The van der Waals surface area contributed by atoms with Gasteiger partial charge in [0.1, 0.15) is 0 Å². The molecule has 0 bridgehead atoms. The number of ether oxygens (including phenoxy) is 1. The van der Waals surface area contributed by atoms with E-state index in [9.17, 15) is 4.79 Å². The molecule has 0 radical (unpaired) electrons. The topological polar surface area (TPSA) is 117 Å². The van der Waals surface area contributed by atoms with Crippen LogP contribution < -0.4 is 4.74 Å². The van der Waals surface area contributed by atoms with E-state index in [4.69, 9.17) is 24.5 Å². The van der Waals surface area contributed by atoms with E-state index in [1.165, 1.54) is 30.6 Å². The largest absolute Gasteiger partial charge is 0.477 e. The van der Waals surface area contributed by atoms with Crippen LogP contribution in [0.3, 0.4) is 0 Å². The molecule has 0 saturated heterocycles. The second kappa shape index (κ2) is 14.2. The van der Waals surface area contributed by atoms with Crippen molar-refractivity contribution in [1.82, 2.24) is 9.88 Å². The first kappa shape index (κ1) is 25.3. The highest BCUT2D eigenvalue weighted by Gasteiger charge is 2.16. The van der Waals surface area contributed by atoms with Crippen LogP contribution in [-0.2, 0) is 9.59 Å². The van der Waals surface area contributed by atoms with Gasteiger partial charge in [-0.15, -0.1) is 11.3 Å². The number of nitrogens with zero attached hydrogens (tertiary/aromatic N) is 2. The standard InChI is InChI=1S/C19H26N2O2S.C2H2O4/c1-21(2)13-6-4-3-5-7-14-23-19-16(10-8-12-20-19)18(22)17-11-9-15-24-17;3-1(4)2(5)6/h8-12,15H,3-7,13-14H2,1-2H3;(H,3,4)(H,5,6). The molecule has 0 amide bonds. The number of carbonyl (C=O) groups is 3. The van der Waals surface area contributed by atoms with Gasteiger partial charge in [0, 0.05) is 6.20 Å². The molecule has 0 fully saturated rings. The highest BCUT2D eigenvalue weighted by Crippen LogP contribution is 2.21. The van der Waals surface area contributed by atoms with Crippen molar-refractivity contribution in [2.24, 2.45) is 0 Å². The zero-order valence-corrected chi connectivity index (χ0v) is 18.1. The predicted octanol–water partition coefficient (Wildman–Crippen LogP) is 3.42. The molecule has 0 atom stereocenters. The fourth-order valence-corrected chi connectivity index (χ4v) is 3.13. The second-order valence-corrected chi connectivity index (χ2v) is 7.64. The maximum atomic E-state index is 12.5. The quantitative estimate of drug-likeness (QED) is 0.313. The Hall–Kier alpha value is -2.78. The summed E-state index contributed by atoms with van der Waals surface area (Å²) in [6, 6.07) is 7.27. The van der Waals surface area contributed by atoms with Crippen LogP contribution in [0.4, 0.5) is 0 Å². The minimum absolute atomic E-state index is 0.0169. The number of unbranched alkanes of at least 4 members (excludes halogenated alkanes) is 4. The molecule has 164 valence electrons. The van der Waals surface area contributed by atoms with Crippen LogP contribution in [0.15, 0.2) is 35.8 Å². The Labute approximate surface area is 180 Å². The molecular weight excluding hydrogens is 408 g/mol. The summed E-state index contributed by atoms with van der Waals surface area (Å²) in [4.78, 5) is 37.8. The van der Waals surface area contributed by atoms with Gasteiger partial charge in [-0.2, -0.15) is 0 Å². The molecule has 0 aromatic carbocycles. The smallest absolute Gasteiger partial charge is 0.414 e. The molecule has 2 N–H and O–H groups in total. The van der Waals surface area contributed by atoms with Gasteiger partial charge < -0.3 is 19.8 Å². The number of carboxylic acids is 2. The molecular formula is C21H28N2O6S. The fraction of sp³-hybridized carbons (Fsp3) is 0.429. The van der Waals surface area contributed by atoms with Crippen molar-refractivity contribution in [2.45, 2.75) is 32.1 Å². The van der Waals surface area contributed by atoms with E-state index in [0.29, 0.717) is 22.9 Å². The van der Waals surface area contributed by atoms with Crippen molar-refractivity contribution < 1.29 is 29.3 Å². The van der Waals surface area contributed by atoms with Crippen molar-refractivity contribution >= 4 is 29.1 Å². The molecule has 0 unspecified atom stereocenters. The van der Waals surface area contributed by atoms with Crippen LogP contribution in [-0.4, -0.2) is 65.1 Å². The van der Waals surface area contributed by atoms with Gasteiger partial charge in [-0.1, -0.05) is 25.3 Å². The number of pyridine rings is 1. The van der Waals surface area contributed by atoms with E-state index >= 15 is 0 Å². The molecule has 2 heterocycles. The van der Waals surface area contributed by atoms with Gasteiger partial charge in [0.25, 0.3) is 0 Å². The van der Waals surface area contributed by atoms with Crippen LogP contribution in [0.2, 0.25) is 0 Å². The van der Waals surface area contributed by atoms with Gasteiger partial charge in [0.05, 0.1) is 17.0 Å². The van der Waals surface area contributed by atoms with Crippen molar-refractivity contribution in [1.29, 1.82) is 0 Å². The fourth-order valence-electron chi connectivity index (χ4n) is 2.45. The van der Waals surface area contributed by atoms with Gasteiger partial charge >= 0.3 is 11.9 Å². The van der Waals surface area contributed by atoms with Gasteiger partial charge in [0.15, 0.2) is 0 Å². The van der Waals surface area contributed by atoms with Crippen LogP contribution in [0.1, 0.15) is 47.3 Å². The molecule has 2 aromatic heterocycles. The third-order valence-electron chi connectivity index (χ3n) is 3.93. The lowest BCUT2D eigenvalue weighted by atomic mass is 10.1. The lowest BCUT2D eigenvalue weighted by Gasteiger charge is -2.10. The summed E-state index contributed by atoms with van der Waals surface area (Å²) in [5, 5.41) is 16.7. The van der Waals surface area contributed by atoms with Crippen molar-refractivity contribution in [3.63, 3.8) is 0 Å². The Kier molecular flexibility index (Phi) is 12.0. The molecule has 30 heavy (non-hydrogen) atoms. The summed E-state index contributed by atoms with van der Waals surface area (Å²) in [5.74, 6) is -3.22. The molecule has 0 spiro atoms. The van der Waals surface area contributed by atoms with Crippen molar-refractivity contribution in [3.05, 3.63) is 46.3 Å². The summed E-state index contributed by atoms with van der Waals surface area (Å²) in [6.07, 6.45) is 7.53. The molecule has 8 nitrogen and oxygen atoms in total. The third-order valence-corrected chi connectivity index (χ3v) is 4.80. The highest BCUT2D eigenvalue weighted by molar-refractivity contribution is 7.12. The zero-order valence-electron chi connectivity index (χ0n) is 17.2. The third kappa shape index (κ3) is 10.1. The van der Waals surface area contributed by atoms with Crippen LogP contribution in [0.25, 0.3) is 0 Å². The first-order valence-electron chi connectivity index (χ1n) is 9.60. The molecule has 2 aromatic rings. The Morgan fingerprint density at radius 1 is 1.00 bits per heavy atom. The monoisotopic (exact) mass is 436 g/mol. The summed E-state index contributed by atoms with van der Waals surface area (Å²) >= 11 is 1.44. The van der Waals surface area contributed by atoms with E-state index in [0.717, 1.165) is 19.4 Å². The van der Waals surface area contributed by atoms with E-state index < -0.39 is 11.9 Å². The van der Waals surface area contributed by atoms with Crippen LogP contribution >= 0.6 is 11.3 Å². The minimum atomic E-state index is -1.82. The Morgan fingerprint density at radius 2 is 1.67 bits per heavy atom. The number of rotatable bonds is 11. The Balaban J connectivity index is 0.000000656. The molecule has 9 heteroatoms. The summed E-state index contributed by atoms with van der Waals surface area (Å²) in [5.41, 5.74) is 0.547. The number of thiophene rings is 1. The SMILES string of the molecule is CN(C)CCCCCCCOc1ncccc1C(=O)c1cccs1.O=C(O)C(=O)O. The second-order valence-electron chi connectivity index (χ2n) is 6.69. The molecule has 2 rings (SSSR count). The van der Waals surface area contributed by atoms with Crippen LogP contribution in [0, 0.1) is 0 Å². The molecule has 0 saturated carbocycles. The van der Waals surface area contributed by atoms with Gasteiger partial charge in [-0.05, 0) is 57.1 Å². The average molecular weight is 437 g/mol. The number of carboxylic acid groups (broad SMARTS) is 2. The number of ketones is 1. The lowest BCUT2D eigenvalue weighted by molar-refractivity contribution is -0.159. The number of hydrogen-bond acceptors (Lipinski definition) is 7. The molecule has 0 aliphatic rings. The Bertz CT molecular complexity index is 781. The van der Waals surface area contributed by atoms with E-state index in [1.807, 2.05) is 17.5 Å². The lowest BCUT2D eigenvalue weighted by Crippen LogP contribution is -2.12. The Morgan fingerprint density at radius 3 is 2.27 bits per heavy atom. The minimum Gasteiger partial charge on any atom is -0.477 e. The maximum absolute atomic E-state index is 12.5. The van der Waals surface area contributed by atoms with E-state index in [1.54, 1.807) is 18.3 Å². The normalized spacial score (nSPS) is 10.2. The van der Waals surface area contributed by atoms with Gasteiger partial charge in [0.2, 0.25) is 11.7 Å².